The van der Waals surface area contributed by atoms with Crippen LogP contribution in [0.15, 0.2) is 71.8 Å². The van der Waals surface area contributed by atoms with Crippen LogP contribution in [0.2, 0.25) is 5.02 Å². The quantitative estimate of drug-likeness (QED) is 0.229. The van der Waals surface area contributed by atoms with Gasteiger partial charge in [0, 0.05) is 57.2 Å². The van der Waals surface area contributed by atoms with Crippen molar-refractivity contribution < 1.29 is 27.6 Å². The number of hydrogen-bond donors (Lipinski definition) is 2. The topological polar surface area (TPSA) is 150 Å². The van der Waals surface area contributed by atoms with Gasteiger partial charge in [-0.05, 0) is 53.9 Å². The Bertz CT molecular complexity index is 2280. The molecule has 0 aliphatic carbocycles. The minimum absolute atomic E-state index is 0.0173. The molecule has 3 aromatic heterocycles. The number of pyridine rings is 1. The van der Waals surface area contributed by atoms with Crippen molar-refractivity contribution in [1.29, 1.82) is 0 Å². The van der Waals surface area contributed by atoms with Crippen molar-refractivity contribution in [3.8, 4) is 0 Å². The fourth-order valence-corrected chi connectivity index (χ4v) is 6.91. The molecule has 280 valence electrons. The van der Waals surface area contributed by atoms with Crippen LogP contribution in [0.25, 0.3) is 5.78 Å². The highest BCUT2D eigenvalue weighted by Gasteiger charge is 2.32. The fraction of sp³-hybridized carbons (Fsp3) is 0.306. The summed E-state index contributed by atoms with van der Waals surface area (Å²) in [6, 6.07) is 13.1. The molecule has 0 saturated carbocycles. The number of anilines is 3. The van der Waals surface area contributed by atoms with Crippen molar-refractivity contribution in [3.63, 3.8) is 0 Å². The van der Waals surface area contributed by atoms with Crippen LogP contribution in [0, 0.1) is 0 Å². The molecule has 0 atom stereocenters. The van der Waals surface area contributed by atoms with E-state index in [-0.39, 0.29) is 79.2 Å². The lowest BCUT2D eigenvalue weighted by Crippen LogP contribution is -2.52. The van der Waals surface area contributed by atoms with Crippen molar-refractivity contribution in [2.75, 3.05) is 47.8 Å². The largest absolute Gasteiger partial charge is 0.416 e. The van der Waals surface area contributed by atoms with Crippen LogP contribution < -0.4 is 26.0 Å². The summed E-state index contributed by atoms with van der Waals surface area (Å²) in [5.74, 6) is -0.907. The maximum atomic E-state index is 14.3. The summed E-state index contributed by atoms with van der Waals surface area (Å²) < 4.78 is 42.5. The lowest BCUT2D eigenvalue weighted by atomic mass is 10.2. The number of fused-ring (bicyclic) bond motifs is 2. The fourth-order valence-electron chi connectivity index (χ4n) is 6.68. The number of nitrogens with one attached hydrogen (secondary N) is 2. The summed E-state index contributed by atoms with van der Waals surface area (Å²) in [6.45, 7) is 3.26. The second kappa shape index (κ2) is 14.8. The van der Waals surface area contributed by atoms with Crippen molar-refractivity contribution >= 4 is 52.4 Å². The van der Waals surface area contributed by atoms with E-state index in [1.807, 2.05) is 22.8 Å². The molecule has 2 N–H and O–H groups in total. The summed E-state index contributed by atoms with van der Waals surface area (Å²) >= 11 is 6.14. The molecule has 0 spiro atoms. The summed E-state index contributed by atoms with van der Waals surface area (Å²) in [7, 11) is 0. The molecule has 18 heteroatoms. The number of halogens is 4. The minimum Gasteiger partial charge on any atom is -0.362 e. The van der Waals surface area contributed by atoms with E-state index in [9.17, 15) is 32.3 Å². The highest BCUT2D eigenvalue weighted by atomic mass is 35.5. The normalized spacial score (nSPS) is 14.4. The lowest BCUT2D eigenvalue weighted by molar-refractivity contribution is -0.137. The molecular weight excluding hydrogens is 729 g/mol. The molecule has 0 bridgehead atoms. The van der Waals surface area contributed by atoms with Crippen molar-refractivity contribution in [3.05, 3.63) is 110 Å². The first kappa shape index (κ1) is 36.4. The van der Waals surface area contributed by atoms with E-state index < -0.39 is 23.2 Å². The molecule has 54 heavy (non-hydrogen) atoms. The van der Waals surface area contributed by atoms with E-state index in [0.717, 1.165) is 33.8 Å². The number of piperazine rings is 1. The molecule has 1 saturated heterocycles. The number of amides is 3. The third-order valence-electron chi connectivity index (χ3n) is 9.42. The monoisotopic (exact) mass is 762 g/mol. The van der Waals surface area contributed by atoms with E-state index in [0.29, 0.717) is 30.8 Å². The number of carbonyl (C=O) groups excluding carboxylic acids is 3. The summed E-state index contributed by atoms with van der Waals surface area (Å²) in [4.78, 5) is 67.7. The van der Waals surface area contributed by atoms with Gasteiger partial charge in [-0.15, -0.1) is 5.10 Å². The lowest BCUT2D eigenvalue weighted by Gasteiger charge is -2.36. The van der Waals surface area contributed by atoms with E-state index >= 15 is 0 Å². The average Bonchev–Trinajstić information content (AvgIpc) is 3.81. The molecule has 1 fully saturated rings. The molecule has 2 aromatic carbocycles. The molecule has 14 nitrogen and oxygen atoms in total. The first-order valence-corrected chi connectivity index (χ1v) is 17.5. The van der Waals surface area contributed by atoms with Gasteiger partial charge in [0.2, 0.25) is 23.5 Å². The molecule has 2 aliphatic rings. The van der Waals surface area contributed by atoms with E-state index in [1.54, 1.807) is 52.2 Å². The van der Waals surface area contributed by atoms with E-state index in [4.69, 9.17) is 16.6 Å². The van der Waals surface area contributed by atoms with Gasteiger partial charge in [0.05, 0.1) is 28.5 Å². The number of hydrogen-bond acceptors (Lipinski definition) is 9. The minimum atomic E-state index is -4.62. The van der Waals surface area contributed by atoms with Crippen LogP contribution in [0.1, 0.15) is 39.7 Å². The van der Waals surface area contributed by atoms with Gasteiger partial charge in [0.15, 0.2) is 0 Å². The van der Waals surface area contributed by atoms with Crippen LogP contribution in [-0.2, 0) is 41.8 Å². The summed E-state index contributed by atoms with van der Waals surface area (Å²) in [5, 5.41) is 9.55. The highest BCUT2D eigenvalue weighted by Crippen LogP contribution is 2.34. The molecule has 3 amide bonds. The Morgan fingerprint density at radius 1 is 0.944 bits per heavy atom. The first-order chi connectivity index (χ1) is 25.9. The maximum Gasteiger partial charge on any atom is 0.416 e. The number of alkyl halides is 3. The van der Waals surface area contributed by atoms with Crippen LogP contribution in [-0.4, -0.2) is 79.5 Å². The molecule has 5 aromatic rings. The zero-order valence-corrected chi connectivity index (χ0v) is 29.7. The maximum absolute atomic E-state index is 14.3. The van der Waals surface area contributed by atoms with Gasteiger partial charge < -0.3 is 29.9 Å². The smallest absolute Gasteiger partial charge is 0.362 e. The predicted octanol–water partition coefficient (Wildman–Crippen LogP) is 3.76. The SMILES string of the molecule is CCc1c(N2CCN(C(=O)CNC(=O)c3ccccc3)CC2)c(=O)n2nc(N3Cc4ccncc4C3)nc2n1CC(=O)Nc1ccc(C(F)(F)F)cc1Cl. The molecule has 7 rings (SSSR count). The third-order valence-corrected chi connectivity index (χ3v) is 9.73. The second-order valence-corrected chi connectivity index (χ2v) is 13.2. The Morgan fingerprint density at radius 3 is 2.37 bits per heavy atom. The van der Waals surface area contributed by atoms with Crippen LogP contribution >= 0.6 is 11.6 Å². The van der Waals surface area contributed by atoms with Crippen molar-refractivity contribution in [2.45, 2.75) is 39.2 Å². The second-order valence-electron chi connectivity index (χ2n) is 12.8. The number of benzene rings is 2. The van der Waals surface area contributed by atoms with Crippen LogP contribution in [0.4, 0.5) is 30.5 Å². The zero-order valence-electron chi connectivity index (χ0n) is 28.9. The van der Waals surface area contributed by atoms with Gasteiger partial charge >= 0.3 is 6.18 Å². The van der Waals surface area contributed by atoms with Gasteiger partial charge in [-0.1, -0.05) is 36.7 Å². The van der Waals surface area contributed by atoms with Gasteiger partial charge in [-0.3, -0.25) is 24.2 Å². The van der Waals surface area contributed by atoms with Crippen LogP contribution in [0.5, 0.6) is 0 Å². The molecule has 5 heterocycles. The Morgan fingerprint density at radius 2 is 1.69 bits per heavy atom. The van der Waals surface area contributed by atoms with E-state index in [1.165, 1.54) is 0 Å². The highest BCUT2D eigenvalue weighted by molar-refractivity contribution is 6.33. The zero-order chi connectivity index (χ0) is 38.1. The van der Waals surface area contributed by atoms with Crippen molar-refractivity contribution in [2.24, 2.45) is 0 Å². The number of rotatable bonds is 9. The average molecular weight is 763 g/mol. The molecular formula is C36H34ClF3N10O4. The van der Waals surface area contributed by atoms with Crippen LogP contribution in [0.3, 0.4) is 0 Å². The van der Waals surface area contributed by atoms with Gasteiger partial charge in [0.1, 0.15) is 12.2 Å². The first-order valence-electron chi connectivity index (χ1n) is 17.1. The molecule has 0 unspecified atom stereocenters. The Kier molecular flexibility index (Phi) is 9.98. The van der Waals surface area contributed by atoms with E-state index in [2.05, 4.69) is 20.7 Å². The Hall–Kier alpha value is -5.97. The Labute approximate surface area is 311 Å². The van der Waals surface area contributed by atoms with Gasteiger partial charge in [-0.2, -0.15) is 22.7 Å². The number of carbonyl (C=O) groups is 3. The Balaban J connectivity index is 1.16. The molecule has 2 aliphatic heterocycles. The van der Waals surface area contributed by atoms with Gasteiger partial charge in [0.25, 0.3) is 11.5 Å². The van der Waals surface area contributed by atoms with Gasteiger partial charge in [-0.25, -0.2) is 0 Å². The predicted molar refractivity (Wildman–Crippen MR) is 193 cm³/mol. The summed E-state index contributed by atoms with van der Waals surface area (Å²) in [5.41, 5.74) is 1.78. The number of aromatic nitrogens is 5. The summed E-state index contributed by atoms with van der Waals surface area (Å²) in [6.07, 6.45) is -0.868. The standard InChI is InChI=1S/C36H34ClF3N10O4/c1-2-28-31(47-14-12-46(13-15-47)30(52)18-42-32(53)22-6-4-3-5-7-22)33(54)50-35(44-34(45-50)48-19-23-10-11-41-17-24(23)20-48)49(28)21-29(51)43-27-9-8-25(16-26(27)37)36(38,39)40/h3-11,16-17H,2,12-15,18-21H2,1H3,(H,42,53)(H,43,51). The third kappa shape index (κ3) is 7.31. The molecule has 0 radical (unpaired) electrons. The van der Waals surface area contributed by atoms with Crippen molar-refractivity contribution in [1.82, 2.24) is 34.4 Å². The number of nitrogens with zero attached hydrogens (tertiary/aromatic N) is 8.